The number of nitrogens with zero attached hydrogens (tertiary/aromatic N) is 3. The van der Waals surface area contributed by atoms with Crippen LogP contribution in [-0.2, 0) is 15.0 Å². The molecule has 0 radical (unpaired) electrons. The molecule has 1 atom stereocenters. The van der Waals surface area contributed by atoms with Crippen LogP contribution in [0, 0.1) is 5.92 Å². The summed E-state index contributed by atoms with van der Waals surface area (Å²) in [5, 5.41) is 0. The fraction of sp³-hybridized carbons (Fsp3) is 0.286. The number of imidazole rings is 1. The zero-order chi connectivity index (χ0) is 15.7. The van der Waals surface area contributed by atoms with Gasteiger partial charge < -0.3 is 9.47 Å². The second-order valence-electron chi connectivity index (χ2n) is 5.27. The van der Waals surface area contributed by atoms with Gasteiger partial charge in [-0.2, -0.15) is 8.42 Å². The number of hydrogen-bond acceptors (Lipinski definition) is 4. The van der Waals surface area contributed by atoms with Crippen LogP contribution in [0.3, 0.4) is 0 Å². The van der Waals surface area contributed by atoms with E-state index in [1.54, 1.807) is 35.4 Å². The number of carbonyl (C=O) groups excluding carboxylic acids is 1. The SMILES string of the molecule is O=C1CC(CS(=O)(=O)F)CN1c1cccc(-n2ccnc2)c1. The van der Waals surface area contributed by atoms with Gasteiger partial charge in [0.05, 0.1) is 12.1 Å². The maximum Gasteiger partial charge on any atom is 0.302 e. The van der Waals surface area contributed by atoms with Gasteiger partial charge in [0.1, 0.15) is 0 Å². The minimum atomic E-state index is -4.57. The van der Waals surface area contributed by atoms with Crippen LogP contribution in [0.25, 0.3) is 5.69 Å². The fourth-order valence-corrected chi connectivity index (χ4v) is 3.44. The molecule has 1 fully saturated rings. The second-order valence-corrected chi connectivity index (χ2v) is 6.68. The molecule has 0 N–H and O–H groups in total. The Morgan fingerprint density at radius 1 is 1.32 bits per heavy atom. The summed E-state index contributed by atoms with van der Waals surface area (Å²) < 4.78 is 36.1. The lowest BCUT2D eigenvalue weighted by molar-refractivity contribution is -0.117. The minimum absolute atomic E-state index is 0.0401. The average molecular weight is 323 g/mol. The van der Waals surface area contributed by atoms with Crippen LogP contribution >= 0.6 is 0 Å². The normalized spacial score (nSPS) is 18.9. The van der Waals surface area contributed by atoms with Crippen molar-refractivity contribution >= 4 is 21.8 Å². The molecule has 1 aliphatic rings. The predicted octanol–water partition coefficient (Wildman–Crippen LogP) is 1.52. The van der Waals surface area contributed by atoms with E-state index in [1.165, 1.54) is 4.90 Å². The molecule has 116 valence electrons. The molecular weight excluding hydrogens is 309 g/mol. The highest BCUT2D eigenvalue weighted by Crippen LogP contribution is 2.27. The molecule has 3 rings (SSSR count). The number of benzene rings is 1. The Bertz CT molecular complexity index is 789. The third-order valence-corrected chi connectivity index (χ3v) is 4.45. The van der Waals surface area contributed by atoms with Crippen LogP contribution in [0.15, 0.2) is 43.0 Å². The standard InChI is InChI=1S/C14H14FN3O3S/c15-22(20,21)9-11-6-14(19)18(8-11)13-3-1-2-12(7-13)17-5-4-16-10-17/h1-5,7,10-11H,6,8-9H2. The molecule has 0 saturated carbocycles. The first kappa shape index (κ1) is 14.7. The summed E-state index contributed by atoms with van der Waals surface area (Å²) >= 11 is 0. The van der Waals surface area contributed by atoms with E-state index in [4.69, 9.17) is 0 Å². The van der Waals surface area contributed by atoms with Crippen molar-refractivity contribution in [2.24, 2.45) is 5.92 Å². The molecule has 8 heteroatoms. The highest BCUT2D eigenvalue weighted by molar-refractivity contribution is 7.86. The Morgan fingerprint density at radius 3 is 2.77 bits per heavy atom. The van der Waals surface area contributed by atoms with Gasteiger partial charge in [-0.15, -0.1) is 3.89 Å². The molecular formula is C14H14FN3O3S. The molecule has 0 spiro atoms. The monoisotopic (exact) mass is 323 g/mol. The number of hydrogen-bond donors (Lipinski definition) is 0. The lowest BCUT2D eigenvalue weighted by atomic mass is 10.1. The van der Waals surface area contributed by atoms with Crippen LogP contribution in [-0.4, -0.2) is 36.2 Å². The van der Waals surface area contributed by atoms with Gasteiger partial charge >= 0.3 is 10.2 Å². The van der Waals surface area contributed by atoms with Gasteiger partial charge in [0, 0.05) is 42.7 Å². The zero-order valence-electron chi connectivity index (χ0n) is 11.6. The summed E-state index contributed by atoms with van der Waals surface area (Å²) in [5.74, 6) is -1.33. The van der Waals surface area contributed by atoms with Crippen LogP contribution in [0.1, 0.15) is 6.42 Å². The average Bonchev–Trinajstić information content (AvgIpc) is 3.07. The van der Waals surface area contributed by atoms with E-state index in [2.05, 4.69) is 4.98 Å². The third kappa shape index (κ3) is 3.16. The van der Waals surface area contributed by atoms with Crippen molar-refractivity contribution in [1.29, 1.82) is 0 Å². The molecule has 0 aliphatic carbocycles. The van der Waals surface area contributed by atoms with Gasteiger partial charge in [0.15, 0.2) is 0 Å². The van der Waals surface area contributed by atoms with E-state index in [9.17, 15) is 17.1 Å². The first-order chi connectivity index (χ1) is 10.4. The maximum atomic E-state index is 12.8. The lowest BCUT2D eigenvalue weighted by Gasteiger charge is -2.17. The lowest BCUT2D eigenvalue weighted by Crippen LogP contribution is -2.25. The summed E-state index contributed by atoms with van der Waals surface area (Å²) in [4.78, 5) is 17.5. The molecule has 1 aromatic heterocycles. The largest absolute Gasteiger partial charge is 0.312 e. The number of rotatable bonds is 4. The van der Waals surface area contributed by atoms with Gasteiger partial charge in [-0.3, -0.25) is 4.79 Å². The van der Waals surface area contributed by atoms with Crippen molar-refractivity contribution in [2.45, 2.75) is 6.42 Å². The van der Waals surface area contributed by atoms with Gasteiger partial charge in [-0.25, -0.2) is 4.98 Å². The third-order valence-electron chi connectivity index (χ3n) is 3.58. The van der Waals surface area contributed by atoms with Crippen LogP contribution in [0.5, 0.6) is 0 Å². The molecule has 0 bridgehead atoms. The number of anilines is 1. The van der Waals surface area contributed by atoms with E-state index in [1.807, 2.05) is 12.1 Å². The first-order valence-electron chi connectivity index (χ1n) is 6.73. The summed E-state index contributed by atoms with van der Waals surface area (Å²) in [5.41, 5.74) is 1.50. The molecule has 1 amide bonds. The second kappa shape index (κ2) is 5.53. The molecule has 1 aliphatic heterocycles. The van der Waals surface area contributed by atoms with E-state index >= 15 is 0 Å². The Balaban J connectivity index is 1.83. The van der Waals surface area contributed by atoms with Crippen LogP contribution in [0.2, 0.25) is 0 Å². The number of amides is 1. The van der Waals surface area contributed by atoms with Crippen LogP contribution in [0.4, 0.5) is 9.57 Å². The van der Waals surface area contributed by atoms with E-state index < -0.39 is 21.9 Å². The zero-order valence-corrected chi connectivity index (χ0v) is 12.4. The van der Waals surface area contributed by atoms with E-state index in [0.29, 0.717) is 5.69 Å². The van der Waals surface area contributed by atoms with E-state index in [-0.39, 0.29) is 18.9 Å². The van der Waals surface area contributed by atoms with Crippen molar-refractivity contribution in [1.82, 2.24) is 9.55 Å². The summed E-state index contributed by atoms with van der Waals surface area (Å²) in [6, 6.07) is 7.25. The highest BCUT2D eigenvalue weighted by atomic mass is 32.3. The number of carbonyl (C=O) groups is 1. The molecule has 6 nitrogen and oxygen atoms in total. The summed E-state index contributed by atoms with van der Waals surface area (Å²) in [6.45, 7) is 0.204. The molecule has 2 heterocycles. The Morgan fingerprint density at radius 2 is 2.09 bits per heavy atom. The molecule has 1 aromatic carbocycles. The number of aromatic nitrogens is 2. The van der Waals surface area contributed by atoms with Gasteiger partial charge in [0.2, 0.25) is 5.91 Å². The van der Waals surface area contributed by atoms with Crippen molar-refractivity contribution in [3.05, 3.63) is 43.0 Å². The van der Waals surface area contributed by atoms with Gasteiger partial charge in [-0.05, 0) is 18.2 Å². The van der Waals surface area contributed by atoms with Crippen molar-refractivity contribution in [3.8, 4) is 5.69 Å². The van der Waals surface area contributed by atoms with Gasteiger partial charge in [0.25, 0.3) is 0 Å². The Labute approximate surface area is 127 Å². The molecule has 2 aromatic rings. The maximum absolute atomic E-state index is 12.8. The first-order valence-corrected chi connectivity index (χ1v) is 8.29. The molecule has 1 unspecified atom stereocenters. The number of halogens is 1. The van der Waals surface area contributed by atoms with Crippen molar-refractivity contribution in [3.63, 3.8) is 0 Å². The minimum Gasteiger partial charge on any atom is -0.312 e. The Hall–Kier alpha value is -2.22. The smallest absolute Gasteiger partial charge is 0.302 e. The topological polar surface area (TPSA) is 72.3 Å². The van der Waals surface area contributed by atoms with Crippen molar-refractivity contribution < 1.29 is 17.1 Å². The quantitative estimate of drug-likeness (QED) is 0.800. The fourth-order valence-electron chi connectivity index (χ4n) is 2.66. The summed E-state index contributed by atoms with van der Waals surface area (Å²) in [6.07, 6.45) is 5.11. The molecule has 22 heavy (non-hydrogen) atoms. The van der Waals surface area contributed by atoms with Crippen LogP contribution < -0.4 is 4.90 Å². The highest BCUT2D eigenvalue weighted by Gasteiger charge is 2.33. The Kier molecular flexibility index (Phi) is 3.69. The summed E-state index contributed by atoms with van der Waals surface area (Å²) in [7, 11) is -4.57. The molecule has 1 saturated heterocycles. The predicted molar refractivity (Wildman–Crippen MR) is 78.9 cm³/mol. The van der Waals surface area contributed by atoms with E-state index in [0.717, 1.165) is 5.69 Å². The van der Waals surface area contributed by atoms with Gasteiger partial charge in [-0.1, -0.05) is 6.07 Å². The van der Waals surface area contributed by atoms with Crippen molar-refractivity contribution in [2.75, 3.05) is 17.2 Å².